The first-order valence-corrected chi connectivity index (χ1v) is 11.5. The summed E-state index contributed by atoms with van der Waals surface area (Å²) in [4.78, 5) is 36.8. The zero-order chi connectivity index (χ0) is 24.0. The number of amides is 2. The van der Waals surface area contributed by atoms with Gasteiger partial charge in [-0.15, -0.1) is 10.2 Å². The lowest BCUT2D eigenvalue weighted by Gasteiger charge is -2.14. The molecule has 0 saturated carbocycles. The van der Waals surface area contributed by atoms with Crippen molar-refractivity contribution < 1.29 is 14.4 Å². The molecular formula is C23H24ClN5O3S. The van der Waals surface area contributed by atoms with E-state index in [1.807, 2.05) is 6.92 Å². The molecule has 0 fully saturated rings. The first-order valence-electron chi connectivity index (χ1n) is 10.3. The lowest BCUT2D eigenvalue weighted by Crippen LogP contribution is -2.25. The molecule has 1 heterocycles. The summed E-state index contributed by atoms with van der Waals surface area (Å²) in [6.45, 7) is 3.38. The van der Waals surface area contributed by atoms with Crippen LogP contribution in [-0.4, -0.2) is 37.6 Å². The minimum atomic E-state index is -0.426. The van der Waals surface area contributed by atoms with Crippen molar-refractivity contribution in [3.8, 4) is 0 Å². The van der Waals surface area contributed by atoms with E-state index in [-0.39, 0.29) is 24.0 Å². The molecule has 10 heteroatoms. The van der Waals surface area contributed by atoms with Crippen LogP contribution in [0.25, 0.3) is 0 Å². The fourth-order valence-electron chi connectivity index (χ4n) is 2.97. The number of Topliss-reactive ketones (excluding diaryl/α,β-unsaturated/α-hetero) is 1. The molecule has 2 N–H and O–H groups in total. The largest absolute Gasteiger partial charge is 0.326 e. The van der Waals surface area contributed by atoms with E-state index in [0.717, 1.165) is 0 Å². The monoisotopic (exact) mass is 485 g/mol. The fraction of sp³-hybridized carbons (Fsp3) is 0.261. The molecule has 0 spiro atoms. The van der Waals surface area contributed by atoms with Gasteiger partial charge in [0.1, 0.15) is 5.82 Å². The Morgan fingerprint density at radius 1 is 1.06 bits per heavy atom. The Hall–Kier alpha value is -3.17. The molecule has 0 aliphatic heterocycles. The number of halogens is 1. The highest BCUT2D eigenvalue weighted by Gasteiger charge is 2.22. The molecule has 1 unspecified atom stereocenters. The van der Waals surface area contributed by atoms with Gasteiger partial charge in [-0.05, 0) is 49.7 Å². The number of aromatic nitrogens is 3. The van der Waals surface area contributed by atoms with Gasteiger partial charge in [0.15, 0.2) is 10.9 Å². The maximum Gasteiger partial charge on any atom is 0.237 e. The van der Waals surface area contributed by atoms with Crippen LogP contribution in [0, 0.1) is 0 Å². The molecule has 0 bridgehead atoms. The Morgan fingerprint density at radius 2 is 1.79 bits per heavy atom. The second-order valence-electron chi connectivity index (χ2n) is 7.33. The molecule has 33 heavy (non-hydrogen) atoms. The van der Waals surface area contributed by atoms with E-state index in [1.54, 1.807) is 60.1 Å². The quantitative estimate of drug-likeness (QED) is 0.344. The van der Waals surface area contributed by atoms with E-state index >= 15 is 0 Å². The molecule has 0 aliphatic rings. The Labute approximate surface area is 201 Å². The van der Waals surface area contributed by atoms with Crippen LogP contribution in [0.1, 0.15) is 36.5 Å². The number of thioether (sulfide) groups is 1. The van der Waals surface area contributed by atoms with Gasteiger partial charge >= 0.3 is 0 Å². The Morgan fingerprint density at radius 3 is 2.45 bits per heavy atom. The second kappa shape index (κ2) is 11.1. The highest BCUT2D eigenvalue weighted by molar-refractivity contribution is 8.00. The average molecular weight is 486 g/mol. The summed E-state index contributed by atoms with van der Waals surface area (Å²) in [6, 6.07) is 13.6. The summed E-state index contributed by atoms with van der Waals surface area (Å²) in [5.74, 6) is -0.0274. The van der Waals surface area contributed by atoms with Gasteiger partial charge in [-0.3, -0.25) is 14.4 Å². The summed E-state index contributed by atoms with van der Waals surface area (Å²) in [7, 11) is 1.76. The molecule has 0 radical (unpaired) electrons. The summed E-state index contributed by atoms with van der Waals surface area (Å²) >= 11 is 7.13. The van der Waals surface area contributed by atoms with Crippen LogP contribution in [0.3, 0.4) is 0 Å². The molecular weight excluding hydrogens is 462 g/mol. The van der Waals surface area contributed by atoms with Gasteiger partial charge in [0.2, 0.25) is 11.8 Å². The van der Waals surface area contributed by atoms with Crippen molar-refractivity contribution >= 4 is 52.3 Å². The van der Waals surface area contributed by atoms with Crippen molar-refractivity contribution in [2.24, 2.45) is 7.05 Å². The number of nitrogens with one attached hydrogen (secondary N) is 2. The van der Waals surface area contributed by atoms with Crippen molar-refractivity contribution in [3.05, 3.63) is 64.9 Å². The van der Waals surface area contributed by atoms with Gasteiger partial charge in [0.05, 0.1) is 11.7 Å². The van der Waals surface area contributed by atoms with E-state index in [0.29, 0.717) is 39.4 Å². The van der Waals surface area contributed by atoms with Gasteiger partial charge < -0.3 is 15.2 Å². The van der Waals surface area contributed by atoms with Gasteiger partial charge in [0.25, 0.3) is 0 Å². The number of carbonyl (C=O) groups excluding carboxylic acids is 3. The molecule has 3 rings (SSSR count). The van der Waals surface area contributed by atoms with Gasteiger partial charge in [-0.2, -0.15) is 0 Å². The number of benzene rings is 2. The maximum atomic E-state index is 12.8. The van der Waals surface area contributed by atoms with Crippen LogP contribution >= 0.6 is 23.4 Å². The number of rotatable bonds is 9. The van der Waals surface area contributed by atoms with Crippen LogP contribution in [0.15, 0.2) is 53.7 Å². The molecule has 1 atom stereocenters. The predicted molar refractivity (Wildman–Crippen MR) is 130 cm³/mol. The summed E-state index contributed by atoms with van der Waals surface area (Å²) in [5.41, 5.74) is 1.73. The third-order valence-electron chi connectivity index (χ3n) is 4.82. The van der Waals surface area contributed by atoms with Crippen LogP contribution in [0.5, 0.6) is 0 Å². The van der Waals surface area contributed by atoms with E-state index < -0.39 is 5.25 Å². The third kappa shape index (κ3) is 6.66. The van der Waals surface area contributed by atoms with Crippen molar-refractivity contribution in [2.45, 2.75) is 37.1 Å². The molecule has 8 nitrogen and oxygen atoms in total. The summed E-state index contributed by atoms with van der Waals surface area (Å²) < 4.78 is 1.71. The van der Waals surface area contributed by atoms with Crippen molar-refractivity contribution in [2.75, 3.05) is 10.6 Å². The smallest absolute Gasteiger partial charge is 0.237 e. The average Bonchev–Trinajstić information content (AvgIpc) is 3.12. The molecule has 172 valence electrons. The first-order chi connectivity index (χ1) is 15.8. The highest BCUT2D eigenvalue weighted by Crippen LogP contribution is 2.25. The van der Waals surface area contributed by atoms with E-state index in [4.69, 9.17) is 11.6 Å². The number of ketones is 1. The predicted octanol–water partition coefficient (Wildman–Crippen LogP) is 4.36. The topological polar surface area (TPSA) is 106 Å². The molecule has 2 aromatic carbocycles. The molecule has 0 saturated heterocycles. The van der Waals surface area contributed by atoms with Crippen LogP contribution in [0.4, 0.5) is 11.4 Å². The van der Waals surface area contributed by atoms with Crippen molar-refractivity contribution in [3.63, 3.8) is 0 Å². The van der Waals surface area contributed by atoms with E-state index in [9.17, 15) is 14.4 Å². The van der Waals surface area contributed by atoms with E-state index in [1.165, 1.54) is 18.7 Å². The van der Waals surface area contributed by atoms with Crippen LogP contribution < -0.4 is 10.6 Å². The third-order valence-corrected chi connectivity index (χ3v) is 6.47. The maximum absolute atomic E-state index is 12.8. The fourth-order valence-corrected chi connectivity index (χ4v) is 4.04. The second-order valence-corrected chi connectivity index (χ2v) is 8.94. The molecule has 0 aliphatic carbocycles. The normalized spacial score (nSPS) is 11.6. The zero-order valence-corrected chi connectivity index (χ0v) is 20.0. The SMILES string of the molecule is CCC(Sc1nnc(CC(=O)Nc2ccc(Cl)cc2)n1C)C(=O)Nc1cccc(C(C)=O)c1. The summed E-state index contributed by atoms with van der Waals surface area (Å²) in [6.07, 6.45) is 0.593. The first kappa shape index (κ1) is 24.5. The molecule has 2 amide bonds. The number of nitrogens with zero attached hydrogens (tertiary/aromatic N) is 3. The Bertz CT molecular complexity index is 1160. The van der Waals surface area contributed by atoms with Crippen LogP contribution in [-0.2, 0) is 23.1 Å². The molecule has 3 aromatic rings. The highest BCUT2D eigenvalue weighted by atomic mass is 35.5. The molecule has 1 aromatic heterocycles. The standard InChI is InChI=1S/C23H24ClN5O3S/c1-4-19(22(32)26-18-7-5-6-15(12-18)14(2)30)33-23-28-27-20(29(23)3)13-21(31)25-17-10-8-16(24)9-11-17/h5-12,19H,4,13H2,1-3H3,(H,25,31)(H,26,32). The van der Waals surface area contributed by atoms with Gasteiger partial charge in [-0.1, -0.05) is 42.4 Å². The number of hydrogen-bond acceptors (Lipinski definition) is 6. The number of hydrogen-bond donors (Lipinski definition) is 2. The van der Waals surface area contributed by atoms with Crippen LogP contribution in [0.2, 0.25) is 5.02 Å². The van der Waals surface area contributed by atoms with E-state index in [2.05, 4.69) is 20.8 Å². The van der Waals surface area contributed by atoms with Gasteiger partial charge in [-0.25, -0.2) is 0 Å². The minimum absolute atomic E-state index is 0.0352. The van der Waals surface area contributed by atoms with Crippen molar-refractivity contribution in [1.29, 1.82) is 0 Å². The minimum Gasteiger partial charge on any atom is -0.326 e. The Kier molecular flexibility index (Phi) is 8.24. The number of carbonyl (C=O) groups is 3. The lowest BCUT2D eigenvalue weighted by atomic mass is 10.1. The van der Waals surface area contributed by atoms with Gasteiger partial charge in [0, 0.05) is 29.0 Å². The number of anilines is 2. The lowest BCUT2D eigenvalue weighted by molar-refractivity contribution is -0.116. The van der Waals surface area contributed by atoms with Crippen molar-refractivity contribution in [1.82, 2.24) is 14.8 Å². The zero-order valence-electron chi connectivity index (χ0n) is 18.5. The summed E-state index contributed by atoms with van der Waals surface area (Å²) in [5, 5.41) is 14.6. The Balaban J connectivity index is 1.63.